The molecule has 188 valence electrons. The van der Waals surface area contributed by atoms with Gasteiger partial charge in [-0.05, 0) is 163 Å². The summed E-state index contributed by atoms with van der Waals surface area (Å²) in [7, 11) is 0. The number of fused-ring (bicyclic) bond motifs is 6. The molecule has 0 aromatic heterocycles. The molecule has 7 rings (SSSR count). The summed E-state index contributed by atoms with van der Waals surface area (Å²) in [5.41, 5.74) is 15.0. The quantitative estimate of drug-likeness (QED) is 0.123. The largest absolute Gasteiger partial charge is 0.0759 e. The third-order valence-electron chi connectivity index (χ3n) is 8.72. The van der Waals surface area contributed by atoms with E-state index in [1.807, 2.05) is 0 Å². The Kier molecular flexibility index (Phi) is 6.06. The van der Waals surface area contributed by atoms with Crippen LogP contribution in [0.5, 0.6) is 0 Å². The highest BCUT2D eigenvalue weighted by Gasteiger charge is 2.49. The van der Waals surface area contributed by atoms with Gasteiger partial charge in [-0.3, -0.25) is 0 Å². The number of aryl methyl sites for hydroxylation is 1. The van der Waals surface area contributed by atoms with Crippen LogP contribution in [0.2, 0.25) is 0 Å². The molecular weight excluding hydrogens is 801 g/mol. The Morgan fingerprint density at radius 1 is 0.711 bits per heavy atom. The first-order valence-corrected chi connectivity index (χ1v) is 16.4. The minimum Gasteiger partial charge on any atom is -0.0759 e. The van der Waals surface area contributed by atoms with Crippen LogP contribution in [0.4, 0.5) is 0 Å². The molecule has 3 heteroatoms. The molecule has 0 saturated carbocycles. The third-order valence-corrected chi connectivity index (χ3v) is 11.3. The maximum Gasteiger partial charge on any atom is 0.0713 e. The van der Waals surface area contributed by atoms with Crippen molar-refractivity contribution in [3.8, 4) is 11.1 Å². The highest BCUT2D eigenvalue weighted by atomic mass is 127. The topological polar surface area (TPSA) is 0 Å². The lowest BCUT2D eigenvalue weighted by atomic mass is 9.67. The van der Waals surface area contributed by atoms with Crippen molar-refractivity contribution >= 4 is 73.3 Å². The van der Waals surface area contributed by atoms with Crippen LogP contribution in [0.25, 0.3) is 16.7 Å². The van der Waals surface area contributed by atoms with Crippen LogP contribution < -0.4 is 0 Å². The fourth-order valence-corrected chi connectivity index (χ4v) is 8.58. The average molecular weight is 828 g/mol. The summed E-state index contributed by atoms with van der Waals surface area (Å²) in [4.78, 5) is 0. The lowest BCUT2D eigenvalue weighted by Crippen LogP contribution is -2.29. The second kappa shape index (κ2) is 9.03. The number of alkyl halides is 1. The predicted octanol–water partition coefficient (Wildman–Crippen LogP) is 10.6. The van der Waals surface area contributed by atoms with E-state index >= 15 is 0 Å². The number of halogens is 3. The zero-order valence-corrected chi connectivity index (χ0v) is 28.1. The van der Waals surface area contributed by atoms with Crippen molar-refractivity contribution in [2.75, 3.05) is 0 Å². The summed E-state index contributed by atoms with van der Waals surface area (Å²) in [5.74, 6) is 0.588. The number of rotatable bonds is 2. The van der Waals surface area contributed by atoms with Crippen LogP contribution in [0, 0.1) is 20.0 Å². The van der Waals surface area contributed by atoms with Gasteiger partial charge in [-0.25, -0.2) is 0 Å². The van der Waals surface area contributed by atoms with Crippen molar-refractivity contribution < 1.29 is 0 Å². The van der Waals surface area contributed by atoms with E-state index in [1.54, 1.807) is 0 Å². The fraction of sp³-hybridized carbons (Fsp3) is 0.200. The molecule has 0 spiro atoms. The second-order valence-corrected chi connectivity index (χ2v) is 15.8. The van der Waals surface area contributed by atoms with Gasteiger partial charge in [0.25, 0.3) is 0 Å². The number of benzene rings is 4. The molecule has 0 nitrogen and oxygen atoms in total. The van der Waals surface area contributed by atoms with Gasteiger partial charge in [-0.1, -0.05) is 89.7 Å². The van der Waals surface area contributed by atoms with Crippen molar-refractivity contribution in [3.63, 3.8) is 0 Å². The van der Waals surface area contributed by atoms with Gasteiger partial charge in [0.1, 0.15) is 0 Å². The molecule has 4 aromatic rings. The maximum atomic E-state index is 2.70. The Balaban J connectivity index is 1.63. The van der Waals surface area contributed by atoms with E-state index in [1.165, 1.54) is 68.4 Å². The van der Waals surface area contributed by atoms with Crippen LogP contribution in [0.3, 0.4) is 0 Å². The second-order valence-electron chi connectivity index (χ2n) is 11.2. The molecule has 3 aliphatic carbocycles. The van der Waals surface area contributed by atoms with E-state index in [0.717, 1.165) is 6.42 Å². The van der Waals surface area contributed by atoms with E-state index < -0.39 is 0 Å². The van der Waals surface area contributed by atoms with Crippen molar-refractivity contribution in [1.29, 1.82) is 0 Å². The molecule has 2 unspecified atom stereocenters. The summed E-state index contributed by atoms with van der Waals surface area (Å²) in [6, 6.07) is 30.6. The monoisotopic (exact) mass is 828 g/mol. The molecule has 38 heavy (non-hydrogen) atoms. The first-order valence-electron chi connectivity index (χ1n) is 13.2. The zero-order chi connectivity index (χ0) is 26.4. The Labute approximate surface area is 266 Å². The van der Waals surface area contributed by atoms with Crippen molar-refractivity contribution in [3.05, 3.63) is 143 Å². The van der Waals surface area contributed by atoms with Gasteiger partial charge in [0.2, 0.25) is 0 Å². The molecule has 3 aliphatic rings. The Morgan fingerprint density at radius 3 is 1.92 bits per heavy atom. The normalized spacial score (nSPS) is 22.2. The van der Waals surface area contributed by atoms with E-state index in [2.05, 4.69) is 180 Å². The third kappa shape index (κ3) is 3.56. The lowest BCUT2D eigenvalue weighted by molar-refractivity contribution is 0.720. The Bertz CT molecular complexity index is 1640. The van der Waals surface area contributed by atoms with E-state index in [4.69, 9.17) is 0 Å². The molecule has 0 amide bonds. The van der Waals surface area contributed by atoms with Crippen LogP contribution >= 0.6 is 67.8 Å². The summed E-state index contributed by atoms with van der Waals surface area (Å²) in [5, 5.41) is 0. The van der Waals surface area contributed by atoms with Gasteiger partial charge in [-0.15, -0.1) is 0 Å². The minimum absolute atomic E-state index is 0.0233. The van der Waals surface area contributed by atoms with Crippen molar-refractivity contribution in [2.45, 2.75) is 36.0 Å². The smallest absolute Gasteiger partial charge is 0.0713 e. The number of hydrogen-bond acceptors (Lipinski definition) is 0. The molecule has 4 aromatic carbocycles. The molecule has 0 radical (unpaired) electrons. The van der Waals surface area contributed by atoms with Gasteiger partial charge in [0.05, 0.1) is 8.84 Å². The summed E-state index contributed by atoms with van der Waals surface area (Å²) in [6.45, 7) is 6.97. The Hall–Kier alpha value is -1.45. The maximum absolute atomic E-state index is 2.70. The number of hydrogen-bond donors (Lipinski definition) is 0. The highest BCUT2D eigenvalue weighted by molar-refractivity contribution is 14.1. The van der Waals surface area contributed by atoms with Crippen molar-refractivity contribution in [2.24, 2.45) is 5.92 Å². The molecule has 0 saturated heterocycles. The molecule has 0 bridgehead atoms. The summed E-state index contributed by atoms with van der Waals surface area (Å²) in [6.07, 6.45) is 6.13. The molecular formula is C35H27I3. The first-order chi connectivity index (χ1) is 18.2. The van der Waals surface area contributed by atoms with E-state index in [9.17, 15) is 0 Å². The lowest BCUT2D eigenvalue weighted by Gasteiger charge is -2.34. The SMILES string of the molecule is Cc1ccc2c(c1)C(c1ccc(I)cc1)(c1ccc(I)cc1)c1cc3c(cc1-2)C(C)(I)C1=CC(C)CC=C13. The van der Waals surface area contributed by atoms with Gasteiger partial charge in [0.15, 0.2) is 0 Å². The van der Waals surface area contributed by atoms with Crippen LogP contribution in [0.1, 0.15) is 59.2 Å². The van der Waals surface area contributed by atoms with Gasteiger partial charge < -0.3 is 0 Å². The molecule has 0 fully saturated rings. The molecule has 0 N–H and O–H groups in total. The molecule has 0 heterocycles. The zero-order valence-electron chi connectivity index (χ0n) is 21.6. The minimum atomic E-state index is -0.364. The summed E-state index contributed by atoms with van der Waals surface area (Å²) >= 11 is 7.55. The van der Waals surface area contributed by atoms with Crippen LogP contribution in [0.15, 0.2) is 96.6 Å². The van der Waals surface area contributed by atoms with E-state index in [-0.39, 0.29) is 8.84 Å². The van der Waals surface area contributed by atoms with Gasteiger partial charge in [-0.2, -0.15) is 0 Å². The number of allylic oxidation sites excluding steroid dienone is 4. The molecule has 2 atom stereocenters. The van der Waals surface area contributed by atoms with Crippen LogP contribution in [-0.4, -0.2) is 0 Å². The first kappa shape index (κ1) is 25.5. The van der Waals surface area contributed by atoms with Crippen LogP contribution in [-0.2, 0) is 8.84 Å². The molecule has 0 aliphatic heterocycles. The van der Waals surface area contributed by atoms with Gasteiger partial charge >= 0.3 is 0 Å². The standard InChI is InChI=1S/C35H27I3/c1-20-4-14-26-28-19-33-29(18-31(28)34(3,38)30(26)16-20)27-15-5-21(2)17-32(27)35(33,22-6-10-24(36)11-7-22)23-8-12-25(37)13-9-23/h5-20H,4H2,1-3H3. The Morgan fingerprint density at radius 2 is 1.29 bits per heavy atom. The van der Waals surface area contributed by atoms with E-state index in [0.29, 0.717) is 5.92 Å². The predicted molar refractivity (Wildman–Crippen MR) is 185 cm³/mol. The highest BCUT2D eigenvalue weighted by Crippen LogP contribution is 2.62. The average Bonchev–Trinajstić information content (AvgIpc) is 3.29. The summed E-state index contributed by atoms with van der Waals surface area (Å²) < 4.78 is 2.50. The van der Waals surface area contributed by atoms with Crippen molar-refractivity contribution in [1.82, 2.24) is 0 Å². The van der Waals surface area contributed by atoms with Gasteiger partial charge in [0, 0.05) is 7.14 Å². The fourth-order valence-electron chi connectivity index (χ4n) is 6.95.